The highest BCUT2D eigenvalue weighted by Gasteiger charge is 2.24. The van der Waals surface area contributed by atoms with Crippen molar-refractivity contribution >= 4 is 21.6 Å². The maximum atomic E-state index is 12.6. The number of benzene rings is 2. The molecule has 0 aliphatic heterocycles. The monoisotopic (exact) mass is 320 g/mol. The molecule has 4 nitrogen and oxygen atoms in total. The molecule has 0 atom stereocenters. The lowest BCUT2D eigenvalue weighted by Crippen LogP contribution is -2.27. The van der Waals surface area contributed by atoms with Crippen LogP contribution < -0.4 is 0 Å². The molecule has 21 heavy (non-hydrogen) atoms. The normalized spacial score (nSPS) is 11.3. The zero-order valence-electron chi connectivity index (χ0n) is 11.3. The minimum atomic E-state index is -3.74. The van der Waals surface area contributed by atoms with Gasteiger partial charge in [0, 0.05) is 18.6 Å². The van der Waals surface area contributed by atoms with Crippen LogP contribution >= 0.6 is 11.6 Å². The summed E-state index contributed by atoms with van der Waals surface area (Å²) < 4.78 is 26.3. The molecule has 0 aliphatic carbocycles. The van der Waals surface area contributed by atoms with Crippen LogP contribution in [-0.2, 0) is 16.6 Å². The minimum Gasteiger partial charge on any atom is -0.207 e. The number of hydrogen-bond donors (Lipinski definition) is 0. The van der Waals surface area contributed by atoms with E-state index >= 15 is 0 Å². The number of nitrogens with zero attached hydrogens (tertiary/aromatic N) is 2. The molecule has 108 valence electrons. The largest absolute Gasteiger partial charge is 0.244 e. The van der Waals surface area contributed by atoms with E-state index in [4.69, 9.17) is 16.9 Å². The van der Waals surface area contributed by atoms with E-state index in [0.29, 0.717) is 10.6 Å². The molecule has 0 N–H and O–H groups in total. The molecular weight excluding hydrogens is 308 g/mol. The molecule has 0 radical (unpaired) electrons. The molecule has 0 saturated heterocycles. The Labute approximate surface area is 129 Å². The first kappa shape index (κ1) is 15.5. The molecule has 0 amide bonds. The molecule has 0 aliphatic rings. The first-order valence-electron chi connectivity index (χ1n) is 6.15. The third kappa shape index (κ3) is 3.24. The molecule has 0 unspecified atom stereocenters. The summed E-state index contributed by atoms with van der Waals surface area (Å²) in [7, 11) is -2.28. The van der Waals surface area contributed by atoms with Crippen molar-refractivity contribution in [3.8, 4) is 6.07 Å². The predicted octanol–water partition coefficient (Wildman–Crippen LogP) is 3.03. The Morgan fingerprint density at radius 3 is 2.43 bits per heavy atom. The molecule has 6 heteroatoms. The van der Waals surface area contributed by atoms with E-state index in [2.05, 4.69) is 0 Å². The number of halogens is 1. The molecular formula is C15H13ClN2O2S. The maximum Gasteiger partial charge on any atom is 0.244 e. The molecule has 0 heterocycles. The Kier molecular flexibility index (Phi) is 4.63. The molecule has 2 aromatic rings. The van der Waals surface area contributed by atoms with Crippen molar-refractivity contribution in [3.05, 3.63) is 64.7 Å². The molecule has 0 bridgehead atoms. The Bertz CT molecular complexity index is 797. The molecule has 0 aromatic heterocycles. The second kappa shape index (κ2) is 6.27. The molecule has 0 saturated carbocycles. The van der Waals surface area contributed by atoms with Crippen molar-refractivity contribution in [2.24, 2.45) is 0 Å². The SMILES string of the molecule is CN(Cc1ccccc1Cl)S(=O)(=O)c1ccccc1C#N. The fraction of sp³-hybridized carbons (Fsp3) is 0.133. The van der Waals surface area contributed by atoms with Gasteiger partial charge in [-0.05, 0) is 23.8 Å². The number of rotatable bonds is 4. The second-order valence-corrected chi connectivity index (χ2v) is 6.88. The third-order valence-electron chi connectivity index (χ3n) is 3.05. The summed E-state index contributed by atoms with van der Waals surface area (Å²) in [4.78, 5) is 0.00190. The first-order chi connectivity index (χ1) is 9.96. The molecule has 0 spiro atoms. The van der Waals surface area contributed by atoms with Crippen molar-refractivity contribution in [2.75, 3.05) is 7.05 Å². The van der Waals surface area contributed by atoms with Gasteiger partial charge in [-0.25, -0.2) is 8.42 Å². The summed E-state index contributed by atoms with van der Waals surface area (Å²) in [6.45, 7) is 0.141. The quantitative estimate of drug-likeness (QED) is 0.870. The van der Waals surface area contributed by atoms with E-state index < -0.39 is 10.0 Å². The topological polar surface area (TPSA) is 61.2 Å². The number of nitriles is 1. The van der Waals surface area contributed by atoms with Crippen molar-refractivity contribution < 1.29 is 8.42 Å². The van der Waals surface area contributed by atoms with Crippen LogP contribution in [-0.4, -0.2) is 19.8 Å². The number of sulfonamides is 1. The van der Waals surface area contributed by atoms with Crippen LogP contribution in [0.2, 0.25) is 5.02 Å². The van der Waals surface area contributed by atoms with E-state index in [9.17, 15) is 8.42 Å². The zero-order chi connectivity index (χ0) is 15.5. The highest BCUT2D eigenvalue weighted by molar-refractivity contribution is 7.89. The standard InChI is InChI=1S/C15H13ClN2O2S/c1-18(11-13-7-2-4-8-14(13)16)21(19,20)15-9-5-3-6-12(15)10-17/h2-9H,11H2,1H3. The van der Waals surface area contributed by atoms with Crippen LogP contribution in [0.3, 0.4) is 0 Å². The van der Waals surface area contributed by atoms with Crippen LogP contribution in [0.1, 0.15) is 11.1 Å². The van der Waals surface area contributed by atoms with Gasteiger partial charge in [-0.15, -0.1) is 0 Å². The van der Waals surface area contributed by atoms with Gasteiger partial charge in [-0.2, -0.15) is 9.57 Å². The van der Waals surface area contributed by atoms with Gasteiger partial charge in [-0.1, -0.05) is 41.9 Å². The van der Waals surface area contributed by atoms with E-state index in [0.717, 1.165) is 0 Å². The Morgan fingerprint density at radius 1 is 1.14 bits per heavy atom. The van der Waals surface area contributed by atoms with Crippen LogP contribution in [0.15, 0.2) is 53.4 Å². The highest BCUT2D eigenvalue weighted by Crippen LogP contribution is 2.22. The Balaban J connectivity index is 2.36. The van der Waals surface area contributed by atoms with Gasteiger partial charge < -0.3 is 0 Å². The summed E-state index contributed by atoms with van der Waals surface area (Å²) >= 11 is 6.05. The fourth-order valence-electron chi connectivity index (χ4n) is 1.90. The van der Waals surface area contributed by atoms with E-state index in [1.54, 1.807) is 36.4 Å². The second-order valence-electron chi connectivity index (χ2n) is 4.46. The van der Waals surface area contributed by atoms with E-state index in [1.165, 1.54) is 23.5 Å². The van der Waals surface area contributed by atoms with Gasteiger partial charge in [0.15, 0.2) is 0 Å². The van der Waals surface area contributed by atoms with Crippen LogP contribution in [0, 0.1) is 11.3 Å². The lowest BCUT2D eigenvalue weighted by molar-refractivity contribution is 0.466. The molecule has 2 rings (SSSR count). The lowest BCUT2D eigenvalue weighted by atomic mass is 10.2. The van der Waals surface area contributed by atoms with Gasteiger partial charge in [-0.3, -0.25) is 0 Å². The zero-order valence-corrected chi connectivity index (χ0v) is 12.9. The van der Waals surface area contributed by atoms with Gasteiger partial charge in [0.2, 0.25) is 10.0 Å². The van der Waals surface area contributed by atoms with Gasteiger partial charge in [0.1, 0.15) is 6.07 Å². The van der Waals surface area contributed by atoms with Crippen LogP contribution in [0.4, 0.5) is 0 Å². The van der Waals surface area contributed by atoms with Crippen LogP contribution in [0.5, 0.6) is 0 Å². The average Bonchev–Trinajstić information content (AvgIpc) is 2.49. The van der Waals surface area contributed by atoms with Crippen molar-refractivity contribution in [1.29, 1.82) is 5.26 Å². The Hall–Kier alpha value is -1.87. The van der Waals surface area contributed by atoms with E-state index in [1.807, 2.05) is 6.07 Å². The van der Waals surface area contributed by atoms with Crippen LogP contribution in [0.25, 0.3) is 0 Å². The summed E-state index contributed by atoms with van der Waals surface area (Å²) in [5, 5.41) is 9.55. The summed E-state index contributed by atoms with van der Waals surface area (Å²) in [6.07, 6.45) is 0. The summed E-state index contributed by atoms with van der Waals surface area (Å²) in [5.74, 6) is 0. The van der Waals surface area contributed by atoms with Gasteiger partial charge >= 0.3 is 0 Å². The van der Waals surface area contributed by atoms with E-state index in [-0.39, 0.29) is 17.0 Å². The smallest absolute Gasteiger partial charge is 0.207 e. The summed E-state index contributed by atoms with van der Waals surface area (Å²) in [6, 6.07) is 15.1. The first-order valence-corrected chi connectivity index (χ1v) is 7.97. The van der Waals surface area contributed by atoms with Crippen molar-refractivity contribution in [2.45, 2.75) is 11.4 Å². The van der Waals surface area contributed by atoms with Gasteiger partial charge in [0.05, 0.1) is 10.5 Å². The maximum absolute atomic E-state index is 12.6. The highest BCUT2D eigenvalue weighted by atomic mass is 35.5. The lowest BCUT2D eigenvalue weighted by Gasteiger charge is -2.18. The van der Waals surface area contributed by atoms with Crippen molar-refractivity contribution in [1.82, 2.24) is 4.31 Å². The fourth-order valence-corrected chi connectivity index (χ4v) is 3.39. The molecule has 0 fully saturated rings. The molecule has 2 aromatic carbocycles. The minimum absolute atomic E-state index is 0.00190. The number of hydrogen-bond acceptors (Lipinski definition) is 3. The summed E-state index contributed by atoms with van der Waals surface area (Å²) in [5.41, 5.74) is 0.836. The van der Waals surface area contributed by atoms with Gasteiger partial charge in [0.25, 0.3) is 0 Å². The third-order valence-corrected chi connectivity index (χ3v) is 5.28. The Morgan fingerprint density at radius 2 is 1.76 bits per heavy atom. The predicted molar refractivity (Wildman–Crippen MR) is 81.3 cm³/mol. The average molecular weight is 321 g/mol. The van der Waals surface area contributed by atoms with Crippen molar-refractivity contribution in [3.63, 3.8) is 0 Å².